The smallest absolute Gasteiger partial charge is 0.338 e. The largest absolute Gasteiger partial charge is 0.465 e. The number of pyridine rings is 1. The molecule has 1 aliphatic heterocycles. The Balaban J connectivity index is 2.31. The molecule has 1 atom stereocenters. The van der Waals surface area contributed by atoms with Crippen LogP contribution in [0, 0.1) is 32.9 Å². The molecule has 0 bridgehead atoms. The summed E-state index contributed by atoms with van der Waals surface area (Å²) in [5.41, 5.74) is 11.7. The molecule has 1 aromatic carbocycles. The van der Waals surface area contributed by atoms with Gasteiger partial charge in [-0.1, -0.05) is 0 Å². The number of benzene rings is 1. The van der Waals surface area contributed by atoms with Crippen molar-refractivity contribution in [3.63, 3.8) is 0 Å². The maximum absolute atomic E-state index is 12.0. The summed E-state index contributed by atoms with van der Waals surface area (Å²) < 4.78 is 4.66. The summed E-state index contributed by atoms with van der Waals surface area (Å²) in [6, 6.07) is 4.40. The number of non-ortho nitro benzene ring substituents is 1. The molecule has 13 heteroatoms. The molecule has 2 heterocycles. The minimum absolute atomic E-state index is 0.0304. The van der Waals surface area contributed by atoms with Crippen LogP contribution in [0.25, 0.3) is 0 Å². The first-order valence-electron chi connectivity index (χ1n) is 8.17. The first-order chi connectivity index (χ1) is 14.3. The molecule has 0 saturated heterocycles. The van der Waals surface area contributed by atoms with Crippen LogP contribution in [0.4, 0.5) is 23.0 Å². The van der Waals surface area contributed by atoms with E-state index >= 15 is 0 Å². The second-order valence-electron chi connectivity index (χ2n) is 5.96. The van der Waals surface area contributed by atoms with E-state index in [1.807, 2.05) is 6.07 Å². The van der Waals surface area contributed by atoms with Gasteiger partial charge in [-0.3, -0.25) is 15.4 Å². The van der Waals surface area contributed by atoms with Gasteiger partial charge in [0.05, 0.1) is 23.3 Å². The number of nitro benzene ring substituents is 1. The summed E-state index contributed by atoms with van der Waals surface area (Å²) in [5, 5.41) is 34.7. The van der Waals surface area contributed by atoms with Crippen LogP contribution < -0.4 is 22.1 Å². The molecule has 0 saturated carbocycles. The van der Waals surface area contributed by atoms with Crippen molar-refractivity contribution in [2.45, 2.75) is 6.04 Å². The summed E-state index contributed by atoms with van der Waals surface area (Å²) in [5.74, 6) is -0.868. The van der Waals surface area contributed by atoms with Crippen LogP contribution in [0.5, 0.6) is 0 Å². The maximum Gasteiger partial charge on any atom is 0.338 e. The molecule has 150 valence electrons. The Morgan fingerprint density at radius 2 is 2.10 bits per heavy atom. The van der Waals surface area contributed by atoms with E-state index in [1.165, 1.54) is 12.1 Å². The van der Waals surface area contributed by atoms with Gasteiger partial charge in [0.25, 0.3) is 5.69 Å². The summed E-state index contributed by atoms with van der Waals surface area (Å²) >= 11 is 0. The molecule has 30 heavy (non-hydrogen) atoms. The number of nitrogens with two attached hydrogens (primary N) is 2. The molecule has 13 nitrogen and oxygen atoms in total. The van der Waals surface area contributed by atoms with Gasteiger partial charge in [-0.15, -0.1) is 0 Å². The van der Waals surface area contributed by atoms with Crippen LogP contribution >= 0.6 is 0 Å². The lowest BCUT2D eigenvalue weighted by molar-refractivity contribution is -0.385. The van der Waals surface area contributed by atoms with E-state index in [-0.39, 0.29) is 51.2 Å². The van der Waals surface area contributed by atoms with E-state index in [1.54, 1.807) is 6.19 Å². The Morgan fingerprint density at radius 3 is 2.70 bits per heavy atom. The fourth-order valence-corrected chi connectivity index (χ4v) is 2.96. The van der Waals surface area contributed by atoms with Crippen molar-refractivity contribution >= 4 is 34.9 Å². The van der Waals surface area contributed by atoms with Gasteiger partial charge >= 0.3 is 5.97 Å². The number of hydrogen-bond donors (Lipinski definition) is 4. The van der Waals surface area contributed by atoms with E-state index in [2.05, 4.69) is 25.3 Å². The molecular formula is C17H13N9O4. The fraction of sp³-hybridized carbons (Fsp3) is 0.118. The fourth-order valence-electron chi connectivity index (χ4n) is 2.96. The molecule has 1 unspecified atom stereocenters. The zero-order valence-corrected chi connectivity index (χ0v) is 15.3. The van der Waals surface area contributed by atoms with Crippen molar-refractivity contribution in [1.29, 1.82) is 10.5 Å². The third-order valence-electron chi connectivity index (χ3n) is 4.25. The average molecular weight is 407 g/mol. The number of nitrogen functional groups attached to an aromatic ring is 2. The molecular weight excluding hydrogens is 394 g/mol. The van der Waals surface area contributed by atoms with E-state index in [0.717, 1.165) is 13.2 Å². The van der Waals surface area contributed by atoms with Crippen molar-refractivity contribution in [1.82, 2.24) is 10.3 Å². The normalized spacial score (nSPS) is 14.2. The van der Waals surface area contributed by atoms with Crippen molar-refractivity contribution in [2.24, 2.45) is 4.99 Å². The van der Waals surface area contributed by atoms with Gasteiger partial charge in [0.2, 0.25) is 5.96 Å². The van der Waals surface area contributed by atoms with Crippen LogP contribution in [0.3, 0.4) is 0 Å². The zero-order valence-electron chi connectivity index (χ0n) is 15.3. The Morgan fingerprint density at radius 1 is 1.37 bits per heavy atom. The third kappa shape index (κ3) is 3.34. The first-order valence-corrected chi connectivity index (χ1v) is 8.17. The number of anilines is 3. The summed E-state index contributed by atoms with van der Waals surface area (Å²) in [4.78, 5) is 31.1. The molecule has 0 fully saturated rings. The van der Waals surface area contributed by atoms with Gasteiger partial charge in [-0.2, -0.15) is 10.5 Å². The Hall–Kier alpha value is -4.91. The minimum atomic E-state index is -1.04. The van der Waals surface area contributed by atoms with Crippen LogP contribution in [-0.2, 0) is 4.74 Å². The number of aromatic nitrogens is 1. The van der Waals surface area contributed by atoms with Crippen LogP contribution in [-0.4, -0.2) is 28.9 Å². The number of nitro groups is 1. The second-order valence-corrected chi connectivity index (χ2v) is 5.96. The monoisotopic (exact) mass is 407 g/mol. The quantitative estimate of drug-likeness (QED) is 0.183. The molecule has 1 aliphatic rings. The second kappa shape index (κ2) is 7.61. The maximum atomic E-state index is 12.0. The molecule has 2 aromatic rings. The highest BCUT2D eigenvalue weighted by Gasteiger charge is 2.31. The van der Waals surface area contributed by atoms with Gasteiger partial charge in [0, 0.05) is 17.7 Å². The van der Waals surface area contributed by atoms with Crippen LogP contribution in [0.1, 0.15) is 33.1 Å². The number of guanidine groups is 1. The van der Waals surface area contributed by atoms with Crippen LogP contribution in [0.15, 0.2) is 23.2 Å². The number of aliphatic imine (C=N–C) groups is 1. The number of rotatable bonds is 3. The molecule has 0 amide bonds. The number of carbonyl (C=O) groups is 1. The third-order valence-corrected chi connectivity index (χ3v) is 4.25. The number of carbonyl (C=O) groups excluding carboxylic acids is 1. The lowest BCUT2D eigenvalue weighted by Gasteiger charge is -2.26. The average Bonchev–Trinajstić information content (AvgIpc) is 2.72. The van der Waals surface area contributed by atoms with E-state index in [0.29, 0.717) is 0 Å². The van der Waals surface area contributed by atoms with E-state index in [9.17, 15) is 20.2 Å². The van der Waals surface area contributed by atoms with Gasteiger partial charge in [-0.25, -0.2) is 14.8 Å². The lowest BCUT2D eigenvalue weighted by atomic mass is 9.93. The number of hydrogen-bond acceptors (Lipinski definition) is 12. The topological polar surface area (TPSA) is 218 Å². The molecule has 1 aromatic heterocycles. The summed E-state index contributed by atoms with van der Waals surface area (Å²) in [7, 11) is 1.14. The standard InChI is InChI=1S/C17H13N9O4/c1-30-16(27)8-2-7(3-9(4-8)26(28)29)13-11-12(20)10(5-18)14(21)24-15(11)25-17(23-13)22-6-19/h2-4,13H,1H3,(H6,20,21,22,23,24,25). The van der Waals surface area contributed by atoms with Gasteiger partial charge in [-0.05, 0) is 11.6 Å². The van der Waals surface area contributed by atoms with E-state index < -0.39 is 16.9 Å². The number of esters is 1. The highest BCUT2D eigenvalue weighted by atomic mass is 16.6. The molecule has 0 aliphatic carbocycles. The summed E-state index contributed by atoms with van der Waals surface area (Å²) in [6.45, 7) is 0. The number of nitrogens with one attached hydrogen (secondary N) is 2. The van der Waals surface area contributed by atoms with Crippen molar-refractivity contribution in [2.75, 3.05) is 23.9 Å². The van der Waals surface area contributed by atoms with Gasteiger partial charge < -0.3 is 21.5 Å². The first kappa shape index (κ1) is 19.8. The lowest BCUT2D eigenvalue weighted by Crippen LogP contribution is -2.32. The number of nitriles is 2. The highest BCUT2D eigenvalue weighted by molar-refractivity contribution is 5.98. The number of nitrogens with zero attached hydrogens (tertiary/aromatic N) is 5. The molecule has 0 spiro atoms. The van der Waals surface area contributed by atoms with Gasteiger partial charge in [0.15, 0.2) is 6.19 Å². The van der Waals surface area contributed by atoms with Crippen LogP contribution in [0.2, 0.25) is 0 Å². The van der Waals surface area contributed by atoms with Crippen molar-refractivity contribution in [3.05, 3.63) is 50.6 Å². The Labute approximate surface area is 168 Å². The Bertz CT molecular complexity index is 1190. The molecule has 6 N–H and O–H groups in total. The number of methoxy groups -OCH3 is 1. The van der Waals surface area contributed by atoms with Crippen molar-refractivity contribution < 1.29 is 14.5 Å². The predicted molar refractivity (Wildman–Crippen MR) is 104 cm³/mol. The Kier molecular flexibility index (Phi) is 5.03. The highest BCUT2D eigenvalue weighted by Crippen LogP contribution is 2.41. The molecule has 3 rings (SSSR count). The van der Waals surface area contributed by atoms with Gasteiger partial charge in [0.1, 0.15) is 29.3 Å². The minimum Gasteiger partial charge on any atom is -0.465 e. The number of ether oxygens (including phenoxy) is 1. The summed E-state index contributed by atoms with van der Waals surface area (Å²) in [6.07, 6.45) is 1.69. The zero-order chi connectivity index (χ0) is 22.0. The SMILES string of the molecule is COC(=O)c1cc(C2N=C(NC#N)Nc3nc(N)c(C#N)c(N)c32)cc([N+](=O)[O-])c1. The molecule has 0 radical (unpaired) electrons. The predicted octanol–water partition coefficient (Wildman–Crippen LogP) is 0.754. The van der Waals surface area contributed by atoms with E-state index in [4.69, 9.17) is 16.7 Å². The number of fused-ring (bicyclic) bond motifs is 1. The van der Waals surface area contributed by atoms with Crippen molar-refractivity contribution in [3.8, 4) is 12.3 Å².